The van der Waals surface area contributed by atoms with Crippen LogP contribution >= 0.6 is 0 Å². The molecule has 0 aliphatic carbocycles. The lowest BCUT2D eigenvalue weighted by molar-refractivity contribution is -0.293. The molecule has 11 aliphatic rings. The monoisotopic (exact) mass is 772 g/mol. The Morgan fingerprint density at radius 2 is 1.42 bits per heavy atom. The number of hydrogen-bond acceptors (Lipinski definition) is 13. The van der Waals surface area contributed by atoms with Gasteiger partial charge in [0.2, 0.25) is 0 Å². The van der Waals surface area contributed by atoms with E-state index in [-0.39, 0.29) is 98.0 Å². The van der Waals surface area contributed by atoms with E-state index in [1.807, 2.05) is 6.92 Å². The van der Waals surface area contributed by atoms with Gasteiger partial charge in [-0.15, -0.1) is 0 Å². The van der Waals surface area contributed by atoms with Crippen LogP contribution in [-0.4, -0.2) is 138 Å². The number of hydrogen-bond donors (Lipinski definition) is 2. The Hall–Kier alpha value is -1.49. The molecule has 21 atom stereocenters. The Morgan fingerprint density at radius 3 is 2.27 bits per heavy atom. The van der Waals surface area contributed by atoms with E-state index in [1.165, 1.54) is 0 Å². The van der Waals surface area contributed by atoms with Crippen LogP contribution in [-0.2, 0) is 52.2 Å². The third kappa shape index (κ3) is 6.79. The fourth-order valence-corrected chi connectivity index (χ4v) is 11.9. The molecular formula is C42H60O13. The third-order valence-corrected chi connectivity index (χ3v) is 14.8. The Bertz CT molecular complexity index is 1490. The highest BCUT2D eigenvalue weighted by Crippen LogP contribution is 2.54. The molecule has 0 saturated carbocycles. The molecule has 0 aromatic carbocycles. The second-order valence-electron chi connectivity index (χ2n) is 18.5. The molecule has 11 aliphatic heterocycles. The van der Waals surface area contributed by atoms with Crippen molar-refractivity contribution in [1.82, 2.24) is 0 Å². The number of ether oxygens (including phenoxy) is 10. The summed E-state index contributed by atoms with van der Waals surface area (Å²) in [6.07, 6.45) is 2.38. The van der Waals surface area contributed by atoms with Crippen molar-refractivity contribution in [1.29, 1.82) is 0 Å². The molecule has 0 radical (unpaired) electrons. The van der Waals surface area contributed by atoms with Gasteiger partial charge in [0, 0.05) is 38.2 Å². The number of aliphatic hydroxyl groups excluding tert-OH is 2. The molecule has 0 aromatic rings. The summed E-state index contributed by atoms with van der Waals surface area (Å²) in [6.45, 7) is 13.1. The van der Waals surface area contributed by atoms with E-state index in [1.54, 1.807) is 0 Å². The minimum absolute atomic E-state index is 0.00281. The first-order valence-electron chi connectivity index (χ1n) is 21.3. The van der Waals surface area contributed by atoms with Crippen LogP contribution < -0.4 is 0 Å². The highest BCUT2D eigenvalue weighted by atomic mass is 16.8. The molecular weight excluding hydrogens is 712 g/mol. The zero-order valence-electron chi connectivity index (χ0n) is 32.2. The quantitative estimate of drug-likeness (QED) is 0.312. The van der Waals surface area contributed by atoms with Crippen molar-refractivity contribution in [2.45, 2.75) is 213 Å². The maximum Gasteiger partial charge on any atom is 0.308 e. The first-order chi connectivity index (χ1) is 26.5. The molecule has 55 heavy (non-hydrogen) atoms. The van der Waals surface area contributed by atoms with Crippen LogP contribution in [0, 0.1) is 11.8 Å². The van der Waals surface area contributed by atoms with Crippen LogP contribution in [0.4, 0.5) is 0 Å². The molecule has 0 aromatic heterocycles. The molecule has 306 valence electrons. The average Bonchev–Trinajstić information content (AvgIpc) is 3.74. The predicted molar refractivity (Wildman–Crippen MR) is 193 cm³/mol. The van der Waals surface area contributed by atoms with E-state index < -0.39 is 48.5 Å². The summed E-state index contributed by atoms with van der Waals surface area (Å²) in [5, 5.41) is 20.6. The van der Waals surface area contributed by atoms with Gasteiger partial charge in [0.1, 0.15) is 36.6 Å². The molecule has 13 nitrogen and oxygen atoms in total. The number of carbonyl (C=O) groups is 1. The van der Waals surface area contributed by atoms with Crippen molar-refractivity contribution in [2.75, 3.05) is 6.61 Å². The molecule has 1 spiro atoms. The Balaban J connectivity index is 0.934. The number of esters is 1. The molecule has 0 amide bonds. The zero-order valence-corrected chi connectivity index (χ0v) is 32.2. The van der Waals surface area contributed by atoms with Crippen LogP contribution in [0.5, 0.6) is 0 Å². The standard InChI is InChI=1S/C42H60O13/c1-19-13-23-5-7-27-20(2)14-25(46-27)9-11-42-18-33-38(54-42)39-40(52-33)41(55-42)37-29(51-39)8-6-24(48-37)15-34(45)53-36-22(4)35-31(16-26(44)28(50-35)10-12-43)49-32(36)17-30(47-23)21(19)3/h19,22-33,35-41,43-44H,2-3,5-18H2,1,4H3/t19?,22-,23-,24+,25?,26?,27?,28+,29?,30+,31-,32-,33+,35-,36?,37-,38?,39-,40+,41?,42-/m0/s1. The maximum atomic E-state index is 14.0. The zero-order chi connectivity index (χ0) is 37.7. The minimum atomic E-state index is -0.808. The largest absolute Gasteiger partial charge is 0.459 e. The molecule has 11 rings (SSSR count). The lowest BCUT2D eigenvalue weighted by atomic mass is 9.79. The fourth-order valence-electron chi connectivity index (χ4n) is 11.9. The van der Waals surface area contributed by atoms with E-state index in [9.17, 15) is 15.0 Å². The van der Waals surface area contributed by atoms with Gasteiger partial charge in [-0.05, 0) is 68.4 Å². The van der Waals surface area contributed by atoms with Crippen molar-refractivity contribution in [2.24, 2.45) is 11.8 Å². The van der Waals surface area contributed by atoms with Gasteiger partial charge in [0.25, 0.3) is 0 Å². The fraction of sp³-hybridized carbons (Fsp3) is 0.881. The Kier molecular flexibility index (Phi) is 10.1. The molecule has 2 N–H and O–H groups in total. The summed E-state index contributed by atoms with van der Waals surface area (Å²) in [5.41, 5.74) is 2.14. The lowest BCUT2D eigenvalue weighted by Gasteiger charge is -2.51. The van der Waals surface area contributed by atoms with Crippen LogP contribution in [0.25, 0.3) is 0 Å². The third-order valence-electron chi connectivity index (χ3n) is 14.8. The second kappa shape index (κ2) is 14.7. The van der Waals surface area contributed by atoms with Crippen molar-refractivity contribution < 1.29 is 62.4 Å². The summed E-state index contributed by atoms with van der Waals surface area (Å²) in [5.74, 6) is -1.18. The minimum Gasteiger partial charge on any atom is -0.459 e. The summed E-state index contributed by atoms with van der Waals surface area (Å²) >= 11 is 0. The molecule has 11 fully saturated rings. The number of rotatable bonds is 2. The first-order valence-corrected chi connectivity index (χ1v) is 21.3. The number of fused-ring (bicyclic) bond motifs is 7. The SMILES string of the molecule is C=C1CC2CC[C@@]34C[C@H]5O[C@H]6C(O3)[C@H]3O[C@H](CCC3O[C@H]6C5O4)CC(=O)OC3[C@H](C[C@H]4O[C@@H](CCC1O2)CC(C)C4=C)O[C@H]1CC(O)[C@@H](CCO)O[C@H]1[C@@H]3C. The average molecular weight is 773 g/mol. The van der Waals surface area contributed by atoms with Crippen LogP contribution in [0.2, 0.25) is 0 Å². The summed E-state index contributed by atoms with van der Waals surface area (Å²) in [6, 6.07) is 0. The van der Waals surface area contributed by atoms with Gasteiger partial charge in [-0.2, -0.15) is 0 Å². The summed E-state index contributed by atoms with van der Waals surface area (Å²) < 4.78 is 66.9. The lowest BCUT2D eigenvalue weighted by Crippen LogP contribution is -2.62. The number of carbonyl (C=O) groups excluding carboxylic acids is 1. The van der Waals surface area contributed by atoms with Crippen LogP contribution in [0.3, 0.4) is 0 Å². The van der Waals surface area contributed by atoms with Crippen molar-refractivity contribution in [3.8, 4) is 0 Å². The van der Waals surface area contributed by atoms with Crippen LogP contribution in [0.15, 0.2) is 24.3 Å². The maximum absolute atomic E-state index is 14.0. The van der Waals surface area contributed by atoms with E-state index >= 15 is 0 Å². The summed E-state index contributed by atoms with van der Waals surface area (Å²) in [4.78, 5) is 14.0. The molecule has 12 bridgehead atoms. The van der Waals surface area contributed by atoms with E-state index in [4.69, 9.17) is 47.4 Å². The van der Waals surface area contributed by atoms with Crippen LogP contribution in [0.1, 0.15) is 97.3 Å². The highest BCUT2D eigenvalue weighted by molar-refractivity contribution is 5.70. The van der Waals surface area contributed by atoms with Gasteiger partial charge in [-0.1, -0.05) is 27.0 Å². The second-order valence-corrected chi connectivity index (χ2v) is 18.5. The van der Waals surface area contributed by atoms with Gasteiger partial charge in [-0.3, -0.25) is 4.79 Å². The molecule has 13 heteroatoms. The van der Waals surface area contributed by atoms with E-state index in [0.29, 0.717) is 38.5 Å². The van der Waals surface area contributed by atoms with Crippen molar-refractivity contribution >= 4 is 5.97 Å². The Morgan fingerprint density at radius 1 is 0.673 bits per heavy atom. The smallest absolute Gasteiger partial charge is 0.308 e. The van der Waals surface area contributed by atoms with Gasteiger partial charge >= 0.3 is 5.97 Å². The van der Waals surface area contributed by atoms with Gasteiger partial charge in [0.15, 0.2) is 5.79 Å². The number of aliphatic hydroxyl groups is 2. The van der Waals surface area contributed by atoms with E-state index in [2.05, 4.69) is 20.1 Å². The normalized spacial score (nSPS) is 54.9. The van der Waals surface area contributed by atoms with Gasteiger partial charge in [-0.25, -0.2) is 0 Å². The summed E-state index contributed by atoms with van der Waals surface area (Å²) in [7, 11) is 0. The van der Waals surface area contributed by atoms with Gasteiger partial charge in [0.05, 0.1) is 79.7 Å². The van der Waals surface area contributed by atoms with E-state index in [0.717, 1.165) is 49.7 Å². The Labute approximate surface area is 323 Å². The topological polar surface area (TPSA) is 150 Å². The molecule has 11 heterocycles. The highest BCUT2D eigenvalue weighted by Gasteiger charge is 2.69. The van der Waals surface area contributed by atoms with Crippen molar-refractivity contribution in [3.63, 3.8) is 0 Å². The van der Waals surface area contributed by atoms with Gasteiger partial charge < -0.3 is 57.6 Å². The first kappa shape index (κ1) is 37.8. The molecule has 8 unspecified atom stereocenters. The van der Waals surface area contributed by atoms with Crippen molar-refractivity contribution in [3.05, 3.63) is 24.3 Å². The predicted octanol–water partition coefficient (Wildman–Crippen LogP) is 3.59. The molecule has 11 saturated heterocycles.